The van der Waals surface area contributed by atoms with Crippen LogP contribution in [0, 0.1) is 5.41 Å². The predicted molar refractivity (Wildman–Crippen MR) is 67.8 cm³/mol. The van der Waals surface area contributed by atoms with Crippen molar-refractivity contribution in [2.75, 3.05) is 12.8 Å². The van der Waals surface area contributed by atoms with Crippen LogP contribution in [0.25, 0.3) is 0 Å². The van der Waals surface area contributed by atoms with E-state index in [4.69, 9.17) is 10.5 Å². The molecule has 6 nitrogen and oxygen atoms in total. The topological polar surface area (TPSA) is 82.2 Å². The third-order valence-electron chi connectivity index (χ3n) is 3.76. The van der Waals surface area contributed by atoms with Crippen molar-refractivity contribution in [1.29, 1.82) is 0 Å². The minimum Gasteiger partial charge on any atom is -0.396 e. The highest BCUT2D eigenvalue weighted by Gasteiger charge is 2.49. The molecule has 0 aromatic carbocycles. The molecule has 3 N–H and O–H groups in total. The maximum absolute atomic E-state index is 11.9. The van der Waals surface area contributed by atoms with Gasteiger partial charge in [-0.25, -0.2) is 0 Å². The van der Waals surface area contributed by atoms with Gasteiger partial charge in [-0.15, -0.1) is 0 Å². The molecule has 1 saturated carbocycles. The minimum absolute atomic E-state index is 0.0203. The standard InChI is InChI=1S/C12H20N4O2/c1-12(2)9(4-10(12)18-3)15-11(17)7-16-6-8(13)5-14-16/h5-6,9-10H,4,7,13H2,1-3H3,(H,15,17). The Kier molecular flexibility index (Phi) is 3.30. The first-order chi connectivity index (χ1) is 8.43. The number of hydrogen-bond acceptors (Lipinski definition) is 4. The Hall–Kier alpha value is -1.56. The largest absolute Gasteiger partial charge is 0.396 e. The number of nitrogen functional groups attached to an aromatic ring is 1. The van der Waals surface area contributed by atoms with Crippen molar-refractivity contribution in [3.05, 3.63) is 12.4 Å². The molecule has 18 heavy (non-hydrogen) atoms. The third kappa shape index (κ3) is 2.33. The van der Waals surface area contributed by atoms with E-state index in [-0.39, 0.29) is 30.0 Å². The minimum atomic E-state index is -0.0503. The number of rotatable bonds is 4. The van der Waals surface area contributed by atoms with E-state index in [0.29, 0.717) is 5.69 Å². The quantitative estimate of drug-likeness (QED) is 0.812. The van der Waals surface area contributed by atoms with Crippen molar-refractivity contribution in [3.8, 4) is 0 Å². The van der Waals surface area contributed by atoms with Crippen LogP contribution >= 0.6 is 0 Å². The fourth-order valence-corrected chi connectivity index (χ4v) is 2.38. The summed E-state index contributed by atoms with van der Waals surface area (Å²) in [7, 11) is 1.71. The third-order valence-corrected chi connectivity index (χ3v) is 3.76. The summed E-state index contributed by atoms with van der Waals surface area (Å²) in [4.78, 5) is 11.9. The highest BCUT2D eigenvalue weighted by Crippen LogP contribution is 2.42. The van der Waals surface area contributed by atoms with Gasteiger partial charge < -0.3 is 15.8 Å². The number of nitrogens with one attached hydrogen (secondary N) is 1. The summed E-state index contributed by atoms with van der Waals surface area (Å²) in [6.07, 6.45) is 4.24. The van der Waals surface area contributed by atoms with Crippen LogP contribution in [0.1, 0.15) is 20.3 Å². The van der Waals surface area contributed by atoms with Crippen molar-refractivity contribution in [1.82, 2.24) is 15.1 Å². The van der Waals surface area contributed by atoms with Gasteiger partial charge in [-0.3, -0.25) is 9.48 Å². The molecule has 0 radical (unpaired) electrons. The number of ether oxygens (including phenoxy) is 1. The highest BCUT2D eigenvalue weighted by molar-refractivity contribution is 5.76. The molecule has 1 aliphatic rings. The van der Waals surface area contributed by atoms with Crippen LogP contribution in [0.2, 0.25) is 0 Å². The lowest BCUT2D eigenvalue weighted by atomic mass is 9.64. The SMILES string of the molecule is COC1CC(NC(=O)Cn2cc(N)cn2)C1(C)C. The highest BCUT2D eigenvalue weighted by atomic mass is 16.5. The summed E-state index contributed by atoms with van der Waals surface area (Å²) in [6.45, 7) is 4.39. The number of methoxy groups -OCH3 is 1. The van der Waals surface area contributed by atoms with Gasteiger partial charge in [0.2, 0.25) is 5.91 Å². The lowest BCUT2D eigenvalue weighted by Gasteiger charge is -2.51. The van der Waals surface area contributed by atoms with Gasteiger partial charge in [0, 0.05) is 24.8 Å². The average molecular weight is 252 g/mol. The Bertz CT molecular complexity index is 441. The summed E-state index contributed by atoms with van der Waals surface area (Å²) in [5.41, 5.74) is 6.08. The fourth-order valence-electron chi connectivity index (χ4n) is 2.38. The molecular weight excluding hydrogens is 232 g/mol. The second-order valence-electron chi connectivity index (χ2n) is 5.37. The van der Waals surface area contributed by atoms with Crippen LogP contribution in [-0.2, 0) is 16.1 Å². The van der Waals surface area contributed by atoms with Crippen molar-refractivity contribution in [2.45, 2.75) is 39.0 Å². The summed E-state index contributed by atoms with van der Waals surface area (Å²) in [5.74, 6) is -0.0503. The van der Waals surface area contributed by atoms with E-state index >= 15 is 0 Å². The zero-order valence-corrected chi connectivity index (χ0v) is 11.0. The Morgan fingerprint density at radius 1 is 1.72 bits per heavy atom. The van der Waals surface area contributed by atoms with Crippen LogP contribution in [0.5, 0.6) is 0 Å². The van der Waals surface area contributed by atoms with Crippen molar-refractivity contribution in [3.63, 3.8) is 0 Å². The normalized spacial score (nSPS) is 25.5. The first-order valence-electron chi connectivity index (χ1n) is 6.03. The molecule has 0 spiro atoms. The molecule has 1 aromatic rings. The molecule has 1 amide bonds. The molecule has 6 heteroatoms. The van der Waals surface area contributed by atoms with E-state index in [1.807, 2.05) is 0 Å². The van der Waals surface area contributed by atoms with Gasteiger partial charge in [-0.1, -0.05) is 13.8 Å². The zero-order valence-electron chi connectivity index (χ0n) is 11.0. The zero-order chi connectivity index (χ0) is 13.3. The van der Waals surface area contributed by atoms with Gasteiger partial charge in [0.15, 0.2) is 0 Å². The van der Waals surface area contributed by atoms with Crippen molar-refractivity contribution < 1.29 is 9.53 Å². The van der Waals surface area contributed by atoms with E-state index in [2.05, 4.69) is 24.3 Å². The molecule has 100 valence electrons. The van der Waals surface area contributed by atoms with Gasteiger partial charge in [0.05, 0.1) is 18.0 Å². The summed E-state index contributed by atoms with van der Waals surface area (Å²) in [6, 6.07) is 0.155. The Morgan fingerprint density at radius 3 is 2.94 bits per heavy atom. The summed E-state index contributed by atoms with van der Waals surface area (Å²) in [5, 5.41) is 6.99. The van der Waals surface area contributed by atoms with Gasteiger partial charge in [0.1, 0.15) is 6.54 Å². The predicted octanol–water partition coefficient (Wildman–Crippen LogP) is 0.395. The maximum atomic E-state index is 11.9. The lowest BCUT2D eigenvalue weighted by molar-refractivity contribution is -0.133. The fraction of sp³-hybridized carbons (Fsp3) is 0.667. The number of nitrogens with two attached hydrogens (primary N) is 1. The molecule has 1 aliphatic carbocycles. The number of amides is 1. The number of hydrogen-bond donors (Lipinski definition) is 2. The van der Waals surface area contributed by atoms with Gasteiger partial charge in [-0.05, 0) is 6.42 Å². The van der Waals surface area contributed by atoms with Gasteiger partial charge in [-0.2, -0.15) is 5.10 Å². The first kappa shape index (κ1) is 12.9. The van der Waals surface area contributed by atoms with E-state index in [1.54, 1.807) is 13.3 Å². The van der Waals surface area contributed by atoms with Crippen molar-refractivity contribution in [2.24, 2.45) is 5.41 Å². The first-order valence-corrected chi connectivity index (χ1v) is 6.03. The molecule has 1 heterocycles. The van der Waals surface area contributed by atoms with Crippen LogP contribution in [0.3, 0.4) is 0 Å². The second kappa shape index (κ2) is 4.61. The Morgan fingerprint density at radius 2 is 2.44 bits per heavy atom. The van der Waals surface area contributed by atoms with E-state index in [1.165, 1.54) is 10.9 Å². The van der Waals surface area contributed by atoms with E-state index < -0.39 is 0 Å². The van der Waals surface area contributed by atoms with Gasteiger partial charge in [0.25, 0.3) is 0 Å². The van der Waals surface area contributed by atoms with E-state index in [0.717, 1.165) is 6.42 Å². The number of carbonyl (C=O) groups is 1. The van der Waals surface area contributed by atoms with Crippen LogP contribution in [0.4, 0.5) is 5.69 Å². The molecule has 1 fully saturated rings. The molecule has 2 unspecified atom stereocenters. The monoisotopic (exact) mass is 252 g/mol. The maximum Gasteiger partial charge on any atom is 0.241 e. The molecule has 0 aliphatic heterocycles. The van der Waals surface area contributed by atoms with E-state index in [9.17, 15) is 4.79 Å². The van der Waals surface area contributed by atoms with Crippen LogP contribution < -0.4 is 11.1 Å². The van der Waals surface area contributed by atoms with Gasteiger partial charge >= 0.3 is 0 Å². The summed E-state index contributed by atoms with van der Waals surface area (Å²) >= 11 is 0. The van der Waals surface area contributed by atoms with Crippen molar-refractivity contribution >= 4 is 11.6 Å². The number of nitrogens with zero attached hydrogens (tertiary/aromatic N) is 2. The Labute approximate surface area is 106 Å². The number of carbonyl (C=O) groups excluding carboxylic acids is 1. The number of anilines is 1. The van der Waals surface area contributed by atoms with Crippen LogP contribution in [-0.4, -0.2) is 34.9 Å². The second-order valence-corrected chi connectivity index (χ2v) is 5.37. The molecule has 0 bridgehead atoms. The number of aromatic nitrogens is 2. The molecule has 0 saturated heterocycles. The summed E-state index contributed by atoms with van der Waals surface area (Å²) < 4.78 is 6.88. The molecule has 2 rings (SSSR count). The molecule has 2 atom stereocenters. The molecular formula is C12H20N4O2. The average Bonchev–Trinajstić information content (AvgIpc) is 2.69. The van der Waals surface area contributed by atoms with Crippen LogP contribution in [0.15, 0.2) is 12.4 Å². The Balaban J connectivity index is 1.86. The smallest absolute Gasteiger partial charge is 0.241 e. The molecule has 1 aromatic heterocycles. The lowest BCUT2D eigenvalue weighted by Crippen LogP contribution is -2.62.